The smallest absolute Gasteiger partial charge is 0.0828 e. The summed E-state index contributed by atoms with van der Waals surface area (Å²) in [5.41, 5.74) is 3.78. The topological polar surface area (TPSA) is 68.3 Å². The molecule has 1 aromatic rings. The first-order valence-electron chi connectivity index (χ1n) is 6.34. The number of nitrogens with zero attached hydrogens (tertiary/aromatic N) is 3. The number of hydrogen-bond donors (Lipinski definition) is 2. The van der Waals surface area contributed by atoms with Gasteiger partial charge in [0, 0.05) is 31.9 Å². The van der Waals surface area contributed by atoms with Gasteiger partial charge in [-0.15, -0.1) is 0 Å². The molecule has 0 spiro atoms. The molecule has 1 aromatic heterocycles. The molecule has 6 nitrogen and oxygen atoms in total. The minimum absolute atomic E-state index is 0.00296. The number of hydrazine groups is 1. The fourth-order valence-electron chi connectivity index (χ4n) is 2.56. The summed E-state index contributed by atoms with van der Waals surface area (Å²) in [5.74, 6) is 5.75. The Morgan fingerprint density at radius 1 is 1.44 bits per heavy atom. The van der Waals surface area contributed by atoms with Crippen LogP contribution < -0.4 is 11.3 Å². The van der Waals surface area contributed by atoms with Crippen LogP contribution in [-0.4, -0.2) is 46.5 Å². The molecule has 1 aliphatic heterocycles. The number of nitrogens with one attached hydrogen (secondary N) is 1. The Balaban J connectivity index is 2.19. The van der Waals surface area contributed by atoms with Gasteiger partial charge in [-0.25, -0.2) is 5.43 Å². The van der Waals surface area contributed by atoms with Gasteiger partial charge in [0.2, 0.25) is 0 Å². The molecule has 0 aliphatic carbocycles. The van der Waals surface area contributed by atoms with E-state index in [-0.39, 0.29) is 11.6 Å². The first-order chi connectivity index (χ1) is 8.55. The lowest BCUT2D eigenvalue weighted by molar-refractivity contribution is -0.0244. The van der Waals surface area contributed by atoms with Crippen LogP contribution in [0.2, 0.25) is 0 Å². The number of aromatic nitrogens is 2. The maximum Gasteiger partial charge on any atom is 0.0828 e. The molecule has 1 aliphatic rings. The van der Waals surface area contributed by atoms with Gasteiger partial charge in [-0.1, -0.05) is 0 Å². The molecule has 0 radical (unpaired) electrons. The van der Waals surface area contributed by atoms with Crippen LogP contribution in [0.4, 0.5) is 0 Å². The summed E-state index contributed by atoms with van der Waals surface area (Å²) < 4.78 is 7.21. The molecule has 2 heterocycles. The first-order valence-corrected chi connectivity index (χ1v) is 6.34. The van der Waals surface area contributed by atoms with E-state index in [2.05, 4.69) is 29.3 Å². The quantitative estimate of drug-likeness (QED) is 0.585. The first kappa shape index (κ1) is 13.5. The Bertz CT molecular complexity index is 384. The zero-order valence-corrected chi connectivity index (χ0v) is 11.4. The van der Waals surface area contributed by atoms with E-state index < -0.39 is 0 Å². The summed E-state index contributed by atoms with van der Waals surface area (Å²) >= 11 is 0. The van der Waals surface area contributed by atoms with Crippen molar-refractivity contribution < 1.29 is 4.74 Å². The Labute approximate surface area is 108 Å². The van der Waals surface area contributed by atoms with Crippen molar-refractivity contribution in [3.8, 4) is 0 Å². The SMILES string of the molecule is Cn1ccc(C(NN)C(C)(C)N2CCOCC2)n1. The fraction of sp³-hybridized carbons (Fsp3) is 0.750. The van der Waals surface area contributed by atoms with Crippen LogP contribution in [0.1, 0.15) is 25.6 Å². The second-order valence-corrected chi connectivity index (χ2v) is 5.27. The third kappa shape index (κ3) is 2.56. The van der Waals surface area contributed by atoms with Gasteiger partial charge in [-0.3, -0.25) is 15.4 Å². The van der Waals surface area contributed by atoms with E-state index in [1.165, 1.54) is 0 Å². The van der Waals surface area contributed by atoms with Crippen molar-refractivity contribution in [3.05, 3.63) is 18.0 Å². The summed E-state index contributed by atoms with van der Waals surface area (Å²) in [6.45, 7) is 7.80. The maximum atomic E-state index is 5.75. The highest BCUT2D eigenvalue weighted by atomic mass is 16.5. The standard InChI is InChI=1S/C12H23N5O/c1-12(2,17-6-8-18-9-7-17)11(14-13)10-4-5-16(3)15-10/h4-5,11,14H,6-9,13H2,1-3H3. The van der Waals surface area contributed by atoms with Crippen molar-refractivity contribution in [3.63, 3.8) is 0 Å². The summed E-state index contributed by atoms with van der Waals surface area (Å²) in [6.07, 6.45) is 1.94. The third-order valence-electron chi connectivity index (χ3n) is 3.73. The van der Waals surface area contributed by atoms with Crippen LogP contribution in [0.25, 0.3) is 0 Å². The van der Waals surface area contributed by atoms with Gasteiger partial charge in [0.15, 0.2) is 0 Å². The predicted molar refractivity (Wildman–Crippen MR) is 69.7 cm³/mol. The molecule has 3 N–H and O–H groups in total. The summed E-state index contributed by atoms with van der Waals surface area (Å²) in [6, 6.07) is 2.00. The van der Waals surface area contributed by atoms with Gasteiger partial charge >= 0.3 is 0 Å². The van der Waals surface area contributed by atoms with Crippen LogP contribution in [0, 0.1) is 0 Å². The minimum Gasteiger partial charge on any atom is -0.379 e. The summed E-state index contributed by atoms with van der Waals surface area (Å²) in [5, 5.41) is 4.46. The van der Waals surface area contributed by atoms with E-state index in [1.54, 1.807) is 4.68 Å². The Morgan fingerprint density at radius 2 is 2.11 bits per heavy atom. The number of ether oxygens (including phenoxy) is 1. The van der Waals surface area contributed by atoms with Crippen molar-refractivity contribution in [1.29, 1.82) is 0 Å². The van der Waals surface area contributed by atoms with Crippen molar-refractivity contribution in [2.24, 2.45) is 12.9 Å². The average Bonchev–Trinajstić information content (AvgIpc) is 2.77. The van der Waals surface area contributed by atoms with E-state index in [4.69, 9.17) is 10.6 Å². The summed E-state index contributed by atoms with van der Waals surface area (Å²) in [4.78, 5) is 2.40. The average molecular weight is 253 g/mol. The molecule has 0 saturated carbocycles. The number of hydrogen-bond acceptors (Lipinski definition) is 5. The molecule has 6 heteroatoms. The minimum atomic E-state index is -0.104. The lowest BCUT2D eigenvalue weighted by Crippen LogP contribution is -2.57. The predicted octanol–water partition coefficient (Wildman–Crippen LogP) is 0.0353. The molecule has 102 valence electrons. The van der Waals surface area contributed by atoms with Crippen molar-refractivity contribution in [2.45, 2.75) is 25.4 Å². The molecule has 1 unspecified atom stereocenters. The fourth-order valence-corrected chi connectivity index (χ4v) is 2.56. The van der Waals surface area contributed by atoms with Crippen LogP contribution in [0.15, 0.2) is 12.3 Å². The lowest BCUT2D eigenvalue weighted by Gasteiger charge is -2.44. The van der Waals surface area contributed by atoms with Crippen LogP contribution in [-0.2, 0) is 11.8 Å². The highest BCUT2D eigenvalue weighted by molar-refractivity contribution is 5.12. The van der Waals surface area contributed by atoms with Crippen molar-refractivity contribution in [2.75, 3.05) is 26.3 Å². The Hall–Kier alpha value is -0.950. The second-order valence-electron chi connectivity index (χ2n) is 5.27. The largest absolute Gasteiger partial charge is 0.379 e. The van der Waals surface area contributed by atoms with Gasteiger partial charge in [0.1, 0.15) is 0 Å². The van der Waals surface area contributed by atoms with Crippen LogP contribution >= 0.6 is 0 Å². The highest BCUT2D eigenvalue weighted by Gasteiger charge is 2.37. The zero-order chi connectivity index (χ0) is 13.2. The Kier molecular flexibility index (Phi) is 4.01. The van der Waals surface area contributed by atoms with Crippen molar-refractivity contribution in [1.82, 2.24) is 20.1 Å². The number of nitrogens with two attached hydrogens (primary N) is 1. The van der Waals surface area contributed by atoms with E-state index in [1.807, 2.05) is 19.3 Å². The molecule has 1 fully saturated rings. The van der Waals surface area contributed by atoms with Gasteiger partial charge < -0.3 is 4.74 Å². The highest BCUT2D eigenvalue weighted by Crippen LogP contribution is 2.30. The van der Waals surface area contributed by atoms with E-state index >= 15 is 0 Å². The molecule has 0 amide bonds. The van der Waals surface area contributed by atoms with Gasteiger partial charge in [-0.05, 0) is 19.9 Å². The zero-order valence-electron chi connectivity index (χ0n) is 11.4. The molecular formula is C12H23N5O. The van der Waals surface area contributed by atoms with Gasteiger partial charge in [0.25, 0.3) is 0 Å². The normalized spacial score (nSPS) is 20.0. The van der Waals surface area contributed by atoms with Crippen LogP contribution in [0.5, 0.6) is 0 Å². The monoisotopic (exact) mass is 253 g/mol. The van der Waals surface area contributed by atoms with E-state index in [0.29, 0.717) is 0 Å². The van der Waals surface area contributed by atoms with Gasteiger partial charge in [0.05, 0.1) is 24.9 Å². The third-order valence-corrected chi connectivity index (χ3v) is 3.73. The molecule has 18 heavy (non-hydrogen) atoms. The molecule has 1 saturated heterocycles. The van der Waals surface area contributed by atoms with Crippen molar-refractivity contribution >= 4 is 0 Å². The molecule has 0 aromatic carbocycles. The van der Waals surface area contributed by atoms with E-state index in [9.17, 15) is 0 Å². The number of aryl methyl sites for hydroxylation is 1. The molecule has 0 bridgehead atoms. The molecular weight excluding hydrogens is 230 g/mol. The summed E-state index contributed by atoms with van der Waals surface area (Å²) in [7, 11) is 1.92. The van der Waals surface area contributed by atoms with Crippen LogP contribution in [0.3, 0.4) is 0 Å². The molecule has 1 atom stereocenters. The number of morpholine rings is 1. The molecule has 2 rings (SSSR count). The number of rotatable bonds is 4. The lowest BCUT2D eigenvalue weighted by atomic mass is 9.90. The van der Waals surface area contributed by atoms with Gasteiger partial charge in [-0.2, -0.15) is 5.10 Å². The Morgan fingerprint density at radius 3 is 2.61 bits per heavy atom. The second kappa shape index (κ2) is 5.36. The maximum absolute atomic E-state index is 5.75. The van der Waals surface area contributed by atoms with E-state index in [0.717, 1.165) is 32.0 Å².